The zero-order chi connectivity index (χ0) is 22.8. The highest BCUT2D eigenvalue weighted by molar-refractivity contribution is 7.90. The Bertz CT molecular complexity index is 1180. The molecule has 0 aromatic heterocycles. The van der Waals surface area contributed by atoms with Crippen LogP contribution >= 0.6 is 0 Å². The number of carbonyl (C=O) groups excluding carboxylic acids is 1. The first-order valence-electron chi connectivity index (χ1n) is 10.5. The first kappa shape index (κ1) is 23.2. The Morgan fingerprint density at radius 1 is 0.844 bits per heavy atom. The average molecular weight is 446 g/mol. The molecule has 1 amide bonds. The third kappa shape index (κ3) is 6.79. The van der Waals surface area contributed by atoms with Crippen LogP contribution in [0.15, 0.2) is 108 Å². The van der Waals surface area contributed by atoms with Crippen LogP contribution in [0.2, 0.25) is 0 Å². The molecule has 0 heterocycles. The molecule has 4 nitrogen and oxygen atoms in total. The Balaban J connectivity index is 1.70. The third-order valence-corrected chi connectivity index (χ3v) is 6.30. The smallest absolute Gasteiger partial charge is 0.265 e. The lowest BCUT2D eigenvalue weighted by Crippen LogP contribution is -2.31. The molecule has 0 aliphatic heterocycles. The van der Waals surface area contributed by atoms with E-state index in [0.717, 1.165) is 18.4 Å². The van der Waals surface area contributed by atoms with E-state index in [-0.39, 0.29) is 4.90 Å². The highest BCUT2D eigenvalue weighted by atomic mass is 32.2. The van der Waals surface area contributed by atoms with Crippen molar-refractivity contribution < 1.29 is 13.2 Å². The van der Waals surface area contributed by atoms with Gasteiger partial charge in [-0.05, 0) is 49.4 Å². The van der Waals surface area contributed by atoms with Gasteiger partial charge >= 0.3 is 0 Å². The number of aryl methyl sites for hydroxylation is 2. The zero-order valence-electron chi connectivity index (χ0n) is 18.1. The van der Waals surface area contributed by atoms with E-state index < -0.39 is 15.9 Å². The summed E-state index contributed by atoms with van der Waals surface area (Å²) in [7, 11) is -3.96. The molecule has 0 aliphatic carbocycles. The van der Waals surface area contributed by atoms with E-state index in [4.69, 9.17) is 0 Å². The minimum Gasteiger partial charge on any atom is -0.268 e. The molecule has 0 aliphatic rings. The molecule has 0 saturated heterocycles. The Morgan fingerprint density at radius 2 is 1.47 bits per heavy atom. The van der Waals surface area contributed by atoms with Gasteiger partial charge in [0.15, 0.2) is 0 Å². The first-order chi connectivity index (χ1) is 15.5. The summed E-state index contributed by atoms with van der Waals surface area (Å²) >= 11 is 0. The monoisotopic (exact) mass is 445 g/mol. The van der Waals surface area contributed by atoms with Gasteiger partial charge in [0.1, 0.15) is 0 Å². The van der Waals surface area contributed by atoms with Crippen LogP contribution in [0, 0.1) is 6.92 Å². The fraction of sp³-hybridized carbons (Fsp3) is 0.148. The van der Waals surface area contributed by atoms with Crippen molar-refractivity contribution in [3.05, 3.63) is 120 Å². The summed E-state index contributed by atoms with van der Waals surface area (Å²) < 4.78 is 27.5. The highest BCUT2D eigenvalue weighted by Crippen LogP contribution is 2.18. The number of nitrogens with one attached hydrogen (secondary N) is 1. The van der Waals surface area contributed by atoms with Gasteiger partial charge in [0.2, 0.25) is 0 Å². The lowest BCUT2D eigenvalue weighted by atomic mass is 10.0. The SMILES string of the molecule is Cc1ccc(S(=O)(=O)NC(=O)/C(=C\C/C=C/CCc2ccccc2)c2ccccc2)cc1. The lowest BCUT2D eigenvalue weighted by molar-refractivity contribution is -0.114. The largest absolute Gasteiger partial charge is 0.268 e. The number of carbonyl (C=O) groups is 1. The van der Waals surface area contributed by atoms with E-state index in [1.807, 2.05) is 49.4 Å². The molecule has 0 radical (unpaired) electrons. The maximum atomic E-state index is 12.9. The van der Waals surface area contributed by atoms with E-state index in [1.165, 1.54) is 17.7 Å². The van der Waals surface area contributed by atoms with Gasteiger partial charge in [0, 0.05) is 5.57 Å². The maximum Gasteiger partial charge on any atom is 0.265 e. The van der Waals surface area contributed by atoms with Gasteiger partial charge in [-0.2, -0.15) is 0 Å². The van der Waals surface area contributed by atoms with Crippen LogP contribution in [0.1, 0.15) is 29.5 Å². The Kier molecular flexibility index (Phi) is 8.17. The molecule has 0 spiro atoms. The summed E-state index contributed by atoms with van der Waals surface area (Å²) in [6.45, 7) is 1.87. The van der Waals surface area contributed by atoms with Crippen molar-refractivity contribution in [1.29, 1.82) is 0 Å². The van der Waals surface area contributed by atoms with E-state index in [1.54, 1.807) is 30.3 Å². The highest BCUT2D eigenvalue weighted by Gasteiger charge is 2.20. The van der Waals surface area contributed by atoms with Gasteiger partial charge in [-0.1, -0.05) is 96.6 Å². The predicted molar refractivity (Wildman–Crippen MR) is 129 cm³/mol. The lowest BCUT2D eigenvalue weighted by Gasteiger charge is -2.10. The molecule has 0 unspecified atom stereocenters. The molecule has 0 fully saturated rings. The van der Waals surface area contributed by atoms with Crippen LogP contribution in [0.25, 0.3) is 5.57 Å². The molecule has 164 valence electrons. The molecule has 32 heavy (non-hydrogen) atoms. The van der Waals surface area contributed by atoms with Crippen molar-refractivity contribution in [3.8, 4) is 0 Å². The molecule has 0 atom stereocenters. The number of amides is 1. The summed E-state index contributed by atoms with van der Waals surface area (Å²) in [4.78, 5) is 13.0. The topological polar surface area (TPSA) is 63.2 Å². The molecule has 0 bridgehead atoms. The quantitative estimate of drug-likeness (QED) is 0.351. The molecule has 1 N–H and O–H groups in total. The van der Waals surface area contributed by atoms with Gasteiger partial charge in [0.25, 0.3) is 15.9 Å². The first-order valence-corrected chi connectivity index (χ1v) is 12.0. The van der Waals surface area contributed by atoms with Crippen LogP contribution < -0.4 is 4.72 Å². The molecule has 3 aromatic rings. The van der Waals surface area contributed by atoms with Crippen molar-refractivity contribution in [3.63, 3.8) is 0 Å². The number of benzene rings is 3. The summed E-state index contributed by atoms with van der Waals surface area (Å²) in [5, 5.41) is 0. The van der Waals surface area contributed by atoms with Crippen molar-refractivity contribution in [2.45, 2.75) is 31.1 Å². The molecule has 5 heteroatoms. The summed E-state index contributed by atoms with van der Waals surface area (Å²) in [5.41, 5.74) is 3.22. The Labute approximate surface area is 190 Å². The Morgan fingerprint density at radius 3 is 2.12 bits per heavy atom. The number of hydrogen-bond acceptors (Lipinski definition) is 3. The molecular formula is C27H27NO3S. The molecule has 3 rings (SSSR count). The van der Waals surface area contributed by atoms with Crippen LogP contribution in [0.3, 0.4) is 0 Å². The van der Waals surface area contributed by atoms with E-state index in [9.17, 15) is 13.2 Å². The van der Waals surface area contributed by atoms with Crippen molar-refractivity contribution in [1.82, 2.24) is 4.72 Å². The second-order valence-electron chi connectivity index (χ2n) is 7.46. The van der Waals surface area contributed by atoms with Crippen molar-refractivity contribution >= 4 is 21.5 Å². The van der Waals surface area contributed by atoms with E-state index in [2.05, 4.69) is 22.9 Å². The van der Waals surface area contributed by atoms with Gasteiger partial charge in [-0.25, -0.2) is 13.1 Å². The molecular weight excluding hydrogens is 418 g/mol. The average Bonchev–Trinajstić information content (AvgIpc) is 2.80. The fourth-order valence-corrected chi connectivity index (χ4v) is 4.17. The van der Waals surface area contributed by atoms with Crippen molar-refractivity contribution in [2.75, 3.05) is 0 Å². The normalized spacial score (nSPS) is 12.1. The second kappa shape index (κ2) is 11.3. The summed E-state index contributed by atoms with van der Waals surface area (Å²) in [6.07, 6.45) is 8.19. The van der Waals surface area contributed by atoms with E-state index in [0.29, 0.717) is 17.6 Å². The number of hydrogen-bond donors (Lipinski definition) is 1. The summed E-state index contributed by atoms with van der Waals surface area (Å²) in [6, 6.07) is 25.7. The van der Waals surface area contributed by atoms with Crippen molar-refractivity contribution in [2.24, 2.45) is 0 Å². The predicted octanol–water partition coefficient (Wildman–Crippen LogP) is 5.46. The van der Waals surface area contributed by atoms with Gasteiger partial charge < -0.3 is 0 Å². The van der Waals surface area contributed by atoms with E-state index >= 15 is 0 Å². The van der Waals surface area contributed by atoms with Crippen LogP contribution in [0.4, 0.5) is 0 Å². The third-order valence-electron chi connectivity index (χ3n) is 4.95. The van der Waals surface area contributed by atoms with Crippen LogP contribution in [-0.4, -0.2) is 14.3 Å². The minimum absolute atomic E-state index is 0.0599. The van der Waals surface area contributed by atoms with Gasteiger partial charge in [-0.3, -0.25) is 4.79 Å². The fourth-order valence-electron chi connectivity index (χ4n) is 3.21. The number of sulfonamides is 1. The Hall–Kier alpha value is -3.44. The molecule has 3 aromatic carbocycles. The number of rotatable bonds is 9. The summed E-state index contributed by atoms with van der Waals surface area (Å²) in [5.74, 6) is -0.644. The van der Waals surface area contributed by atoms with Crippen LogP contribution in [0.5, 0.6) is 0 Å². The minimum atomic E-state index is -3.96. The zero-order valence-corrected chi connectivity index (χ0v) is 18.9. The second-order valence-corrected chi connectivity index (χ2v) is 9.15. The maximum absolute atomic E-state index is 12.9. The van der Waals surface area contributed by atoms with Gasteiger partial charge in [-0.15, -0.1) is 0 Å². The van der Waals surface area contributed by atoms with Gasteiger partial charge in [0.05, 0.1) is 4.90 Å². The standard InChI is InChI=1S/C27H27NO3S/c1-22-18-20-25(21-19-22)32(30,31)28-27(29)26(24-15-9-5-10-16-24)17-11-3-2-6-12-23-13-7-4-8-14-23/h2-5,7-10,13-21H,6,11-12H2,1H3,(H,28,29)/b3-2+,26-17-. The number of allylic oxidation sites excluding steroid dienone is 3. The molecule has 0 saturated carbocycles. The van der Waals surface area contributed by atoms with Crippen LogP contribution in [-0.2, 0) is 21.2 Å².